The molecule has 1 N–H and O–H groups in total. The average Bonchev–Trinajstić information content (AvgIpc) is 2.98. The normalized spacial score (nSPS) is 10.9. The predicted molar refractivity (Wildman–Crippen MR) is 89.2 cm³/mol. The monoisotopic (exact) mass is 375 g/mol. The van der Waals surface area contributed by atoms with Gasteiger partial charge < -0.3 is 14.3 Å². The van der Waals surface area contributed by atoms with Crippen LogP contribution in [-0.4, -0.2) is 27.3 Å². The molecule has 2 aromatic heterocycles. The Morgan fingerprint density at radius 2 is 2.09 bits per heavy atom. The summed E-state index contributed by atoms with van der Waals surface area (Å²) in [5, 5.41) is 0.528. The number of rotatable bonds is 4. The van der Waals surface area contributed by atoms with E-state index in [-0.39, 0.29) is 23.8 Å². The van der Waals surface area contributed by atoms with E-state index in [0.717, 1.165) is 0 Å². The maximum absolute atomic E-state index is 12.4. The van der Waals surface area contributed by atoms with Gasteiger partial charge >= 0.3 is 0 Å². The molecule has 6 nitrogen and oxygen atoms in total. The third kappa shape index (κ3) is 3.19. The molecule has 2 heterocycles. The molecular weight excluding hydrogens is 362 g/mol. The van der Waals surface area contributed by atoms with Crippen molar-refractivity contribution in [2.45, 2.75) is 13.5 Å². The predicted octanol–water partition coefficient (Wildman–Crippen LogP) is 2.94. The number of aromatic amines is 1. The molecule has 0 unspecified atom stereocenters. The maximum Gasteiger partial charge on any atom is 0.290 e. The lowest BCUT2D eigenvalue weighted by Crippen LogP contribution is -2.31. The van der Waals surface area contributed by atoms with Crippen LogP contribution in [0.5, 0.6) is 0 Å². The van der Waals surface area contributed by atoms with Crippen molar-refractivity contribution in [1.82, 2.24) is 14.9 Å². The lowest BCUT2D eigenvalue weighted by Gasteiger charge is -2.19. The number of hydrogen-bond acceptors (Lipinski definition) is 4. The SMILES string of the molecule is CCN(Cc1nc2ccccc2c(=O)[nH]1)C(=O)c1ccc(Br)o1. The largest absolute Gasteiger partial charge is 0.444 e. The smallest absolute Gasteiger partial charge is 0.290 e. The molecule has 0 radical (unpaired) electrons. The van der Waals surface area contributed by atoms with Crippen LogP contribution in [0.15, 0.2) is 50.3 Å². The number of nitrogens with zero attached hydrogens (tertiary/aromatic N) is 2. The third-order valence-corrected chi connectivity index (χ3v) is 3.88. The number of aromatic nitrogens is 2. The Kier molecular flexibility index (Phi) is 4.29. The van der Waals surface area contributed by atoms with Gasteiger partial charge in [-0.1, -0.05) is 12.1 Å². The molecule has 3 aromatic rings. The number of nitrogens with one attached hydrogen (secondary N) is 1. The van der Waals surface area contributed by atoms with E-state index in [9.17, 15) is 9.59 Å². The van der Waals surface area contributed by atoms with E-state index in [0.29, 0.717) is 27.9 Å². The molecule has 1 amide bonds. The van der Waals surface area contributed by atoms with Crippen molar-refractivity contribution in [2.24, 2.45) is 0 Å². The third-order valence-electron chi connectivity index (χ3n) is 3.46. The Hall–Kier alpha value is -2.41. The van der Waals surface area contributed by atoms with Crippen LogP contribution in [0.2, 0.25) is 0 Å². The van der Waals surface area contributed by atoms with Gasteiger partial charge in [0, 0.05) is 6.54 Å². The Morgan fingerprint density at radius 1 is 1.30 bits per heavy atom. The number of benzene rings is 1. The Labute approximate surface area is 140 Å². The molecule has 0 spiro atoms. The summed E-state index contributed by atoms with van der Waals surface area (Å²) in [5.41, 5.74) is 0.394. The molecule has 118 valence electrons. The molecule has 0 saturated heterocycles. The van der Waals surface area contributed by atoms with E-state index in [1.165, 1.54) is 0 Å². The Morgan fingerprint density at radius 3 is 2.78 bits per heavy atom. The highest BCUT2D eigenvalue weighted by Gasteiger charge is 2.19. The molecule has 0 atom stereocenters. The summed E-state index contributed by atoms with van der Waals surface area (Å²) in [6.07, 6.45) is 0. The summed E-state index contributed by atoms with van der Waals surface area (Å²) >= 11 is 3.18. The number of fused-ring (bicyclic) bond motifs is 1. The summed E-state index contributed by atoms with van der Waals surface area (Å²) < 4.78 is 5.79. The van der Waals surface area contributed by atoms with Crippen LogP contribution in [0.25, 0.3) is 10.9 Å². The summed E-state index contributed by atoms with van der Waals surface area (Å²) in [5.74, 6) is 0.422. The van der Waals surface area contributed by atoms with E-state index in [4.69, 9.17) is 4.42 Å². The number of hydrogen-bond donors (Lipinski definition) is 1. The Balaban J connectivity index is 1.90. The highest BCUT2D eigenvalue weighted by molar-refractivity contribution is 9.10. The quantitative estimate of drug-likeness (QED) is 0.760. The van der Waals surface area contributed by atoms with Gasteiger partial charge in [0.15, 0.2) is 10.4 Å². The van der Waals surface area contributed by atoms with Crippen LogP contribution in [-0.2, 0) is 6.54 Å². The van der Waals surface area contributed by atoms with Gasteiger partial charge in [-0.05, 0) is 47.1 Å². The molecule has 0 fully saturated rings. The number of para-hydroxylation sites is 1. The van der Waals surface area contributed by atoms with Gasteiger partial charge in [0.05, 0.1) is 17.4 Å². The van der Waals surface area contributed by atoms with Gasteiger partial charge in [0.1, 0.15) is 5.82 Å². The van der Waals surface area contributed by atoms with Crippen LogP contribution < -0.4 is 5.56 Å². The van der Waals surface area contributed by atoms with Gasteiger partial charge in [-0.3, -0.25) is 9.59 Å². The molecule has 0 aliphatic rings. The highest BCUT2D eigenvalue weighted by Crippen LogP contribution is 2.16. The zero-order chi connectivity index (χ0) is 16.4. The fourth-order valence-corrected chi connectivity index (χ4v) is 2.61. The average molecular weight is 376 g/mol. The molecule has 0 saturated carbocycles. The number of halogens is 1. The zero-order valence-corrected chi connectivity index (χ0v) is 14.0. The van der Waals surface area contributed by atoms with E-state index >= 15 is 0 Å². The van der Waals surface area contributed by atoms with Crippen LogP contribution in [0.1, 0.15) is 23.3 Å². The molecule has 0 aliphatic heterocycles. The van der Waals surface area contributed by atoms with Crippen molar-refractivity contribution in [2.75, 3.05) is 6.54 Å². The number of furan rings is 1. The molecule has 7 heteroatoms. The fraction of sp³-hybridized carbons (Fsp3) is 0.188. The standard InChI is InChI=1S/C16H14BrN3O3/c1-2-20(16(22)12-7-8-13(17)23-12)9-14-18-11-6-4-3-5-10(11)15(21)19-14/h3-8H,2,9H2,1H3,(H,18,19,21). The minimum atomic E-state index is -0.256. The first-order valence-corrected chi connectivity index (χ1v) is 7.90. The van der Waals surface area contributed by atoms with Crippen molar-refractivity contribution in [3.8, 4) is 0 Å². The second-order valence-electron chi connectivity index (χ2n) is 4.95. The molecule has 0 bridgehead atoms. The molecule has 3 rings (SSSR count). The van der Waals surface area contributed by atoms with Crippen molar-refractivity contribution in [1.29, 1.82) is 0 Å². The first-order chi connectivity index (χ1) is 11.1. The summed E-state index contributed by atoms with van der Waals surface area (Å²) in [6, 6.07) is 10.4. The zero-order valence-electron chi connectivity index (χ0n) is 12.4. The fourth-order valence-electron chi connectivity index (χ4n) is 2.30. The maximum atomic E-state index is 12.4. The minimum absolute atomic E-state index is 0.202. The summed E-state index contributed by atoms with van der Waals surface area (Å²) in [4.78, 5) is 33.2. The van der Waals surface area contributed by atoms with Crippen LogP contribution >= 0.6 is 15.9 Å². The lowest BCUT2D eigenvalue weighted by atomic mass is 10.2. The summed E-state index contributed by atoms with van der Waals surface area (Å²) in [6.45, 7) is 2.52. The van der Waals surface area contributed by atoms with E-state index < -0.39 is 0 Å². The van der Waals surface area contributed by atoms with Crippen LogP contribution in [0.4, 0.5) is 0 Å². The van der Waals surface area contributed by atoms with Crippen molar-refractivity contribution in [3.05, 3.63) is 63.0 Å². The molecule has 23 heavy (non-hydrogen) atoms. The first kappa shape index (κ1) is 15.5. The van der Waals surface area contributed by atoms with Crippen LogP contribution in [0, 0.1) is 0 Å². The van der Waals surface area contributed by atoms with Crippen molar-refractivity contribution >= 4 is 32.7 Å². The molecule has 0 aliphatic carbocycles. The van der Waals surface area contributed by atoms with Crippen molar-refractivity contribution in [3.63, 3.8) is 0 Å². The van der Waals surface area contributed by atoms with E-state index in [1.54, 1.807) is 35.2 Å². The van der Waals surface area contributed by atoms with Gasteiger partial charge in [0.2, 0.25) is 0 Å². The topological polar surface area (TPSA) is 79.2 Å². The number of carbonyl (C=O) groups excluding carboxylic acids is 1. The van der Waals surface area contributed by atoms with Gasteiger partial charge in [-0.25, -0.2) is 4.98 Å². The number of H-pyrrole nitrogens is 1. The van der Waals surface area contributed by atoms with Gasteiger partial charge in [-0.15, -0.1) is 0 Å². The van der Waals surface area contributed by atoms with Crippen molar-refractivity contribution < 1.29 is 9.21 Å². The second kappa shape index (κ2) is 6.37. The van der Waals surface area contributed by atoms with Gasteiger partial charge in [0.25, 0.3) is 11.5 Å². The highest BCUT2D eigenvalue weighted by atomic mass is 79.9. The minimum Gasteiger partial charge on any atom is -0.444 e. The molecular formula is C16H14BrN3O3. The second-order valence-corrected chi connectivity index (χ2v) is 5.73. The Bertz CT molecular complexity index is 916. The van der Waals surface area contributed by atoms with Gasteiger partial charge in [-0.2, -0.15) is 0 Å². The number of carbonyl (C=O) groups is 1. The first-order valence-electron chi connectivity index (χ1n) is 7.11. The van der Waals surface area contributed by atoms with Crippen LogP contribution in [0.3, 0.4) is 0 Å². The molecule has 1 aromatic carbocycles. The van der Waals surface area contributed by atoms with E-state index in [1.807, 2.05) is 13.0 Å². The summed E-state index contributed by atoms with van der Waals surface area (Å²) in [7, 11) is 0. The lowest BCUT2D eigenvalue weighted by molar-refractivity contribution is 0.0715. The van der Waals surface area contributed by atoms with E-state index in [2.05, 4.69) is 25.9 Å². The number of amides is 1.